The van der Waals surface area contributed by atoms with Gasteiger partial charge < -0.3 is 14.8 Å². The molecule has 0 bridgehead atoms. The highest BCUT2D eigenvalue weighted by atomic mass is 16.5. The Morgan fingerprint density at radius 3 is 2.71 bits per heavy atom. The minimum atomic E-state index is -0.186. The summed E-state index contributed by atoms with van der Waals surface area (Å²) in [5.74, 6) is 0.618. The minimum Gasteiger partial charge on any atom is -0.492 e. The second-order valence-electron chi connectivity index (χ2n) is 3.41. The van der Waals surface area contributed by atoms with E-state index < -0.39 is 0 Å². The van der Waals surface area contributed by atoms with E-state index in [2.05, 4.69) is 5.32 Å². The van der Waals surface area contributed by atoms with Crippen molar-refractivity contribution in [2.45, 2.75) is 20.3 Å². The van der Waals surface area contributed by atoms with Crippen LogP contribution >= 0.6 is 0 Å². The molecule has 0 heterocycles. The van der Waals surface area contributed by atoms with Crippen molar-refractivity contribution < 1.29 is 14.3 Å². The molecule has 0 aliphatic heterocycles. The lowest BCUT2D eigenvalue weighted by Crippen LogP contribution is -2.11. The van der Waals surface area contributed by atoms with Gasteiger partial charge >= 0.3 is 5.97 Å². The zero-order valence-electron chi connectivity index (χ0n) is 10.4. The Kier molecular flexibility index (Phi) is 5.93. The largest absolute Gasteiger partial charge is 0.492 e. The smallest absolute Gasteiger partial charge is 0.307 e. The maximum absolute atomic E-state index is 11.2. The lowest BCUT2D eigenvalue weighted by molar-refractivity contribution is -0.142. The van der Waals surface area contributed by atoms with Crippen LogP contribution < -0.4 is 10.1 Å². The van der Waals surface area contributed by atoms with E-state index >= 15 is 0 Å². The SMILES string of the molecule is CCOC(=O)CCNc1ccccc1OCC. The fraction of sp³-hybridized carbons (Fsp3) is 0.462. The third kappa shape index (κ3) is 4.76. The molecule has 17 heavy (non-hydrogen) atoms. The third-order valence-corrected chi connectivity index (χ3v) is 2.14. The number of hydrogen-bond donors (Lipinski definition) is 1. The van der Waals surface area contributed by atoms with Gasteiger partial charge in [0.05, 0.1) is 25.3 Å². The number of carbonyl (C=O) groups is 1. The highest BCUT2D eigenvalue weighted by molar-refractivity contribution is 5.70. The Balaban J connectivity index is 2.43. The summed E-state index contributed by atoms with van der Waals surface area (Å²) in [6.07, 6.45) is 0.355. The first-order valence-electron chi connectivity index (χ1n) is 5.89. The third-order valence-electron chi connectivity index (χ3n) is 2.14. The average Bonchev–Trinajstić information content (AvgIpc) is 2.32. The van der Waals surface area contributed by atoms with E-state index in [-0.39, 0.29) is 5.97 Å². The molecule has 0 fully saturated rings. The molecule has 4 heteroatoms. The number of hydrogen-bond acceptors (Lipinski definition) is 4. The van der Waals surface area contributed by atoms with Gasteiger partial charge in [-0.05, 0) is 26.0 Å². The van der Waals surface area contributed by atoms with Crippen molar-refractivity contribution in [3.8, 4) is 5.75 Å². The predicted octanol–water partition coefficient (Wildman–Crippen LogP) is 2.45. The maximum atomic E-state index is 11.2. The van der Waals surface area contributed by atoms with E-state index in [1.807, 2.05) is 31.2 Å². The van der Waals surface area contributed by atoms with E-state index in [4.69, 9.17) is 9.47 Å². The van der Waals surface area contributed by atoms with Gasteiger partial charge in [-0.15, -0.1) is 0 Å². The molecule has 0 aliphatic carbocycles. The molecular formula is C13H19NO3. The molecule has 0 spiro atoms. The number of rotatable bonds is 7. The molecule has 0 saturated carbocycles. The quantitative estimate of drug-likeness (QED) is 0.740. The number of benzene rings is 1. The standard InChI is InChI=1S/C13H19NO3/c1-3-16-12-8-6-5-7-11(12)14-10-9-13(15)17-4-2/h5-8,14H,3-4,9-10H2,1-2H3. The second-order valence-corrected chi connectivity index (χ2v) is 3.41. The number of para-hydroxylation sites is 2. The van der Waals surface area contributed by atoms with Crippen LogP contribution in [0, 0.1) is 0 Å². The summed E-state index contributed by atoms with van der Waals surface area (Å²) in [7, 11) is 0. The van der Waals surface area contributed by atoms with Crippen LogP contribution in [-0.4, -0.2) is 25.7 Å². The fourth-order valence-electron chi connectivity index (χ4n) is 1.43. The number of nitrogens with one attached hydrogen (secondary N) is 1. The first-order valence-corrected chi connectivity index (χ1v) is 5.89. The zero-order valence-corrected chi connectivity index (χ0v) is 10.4. The van der Waals surface area contributed by atoms with Gasteiger partial charge in [0.2, 0.25) is 0 Å². The van der Waals surface area contributed by atoms with Crippen LogP contribution in [0.15, 0.2) is 24.3 Å². The van der Waals surface area contributed by atoms with Crippen LogP contribution in [0.5, 0.6) is 5.75 Å². The van der Waals surface area contributed by atoms with E-state index in [1.54, 1.807) is 6.92 Å². The molecule has 1 aromatic carbocycles. The second kappa shape index (κ2) is 7.54. The van der Waals surface area contributed by atoms with Gasteiger partial charge in [0.15, 0.2) is 0 Å². The van der Waals surface area contributed by atoms with Crippen molar-refractivity contribution in [1.82, 2.24) is 0 Å². The Bertz CT molecular complexity index is 352. The number of ether oxygens (including phenoxy) is 2. The molecule has 0 aromatic heterocycles. The van der Waals surface area contributed by atoms with Crippen LogP contribution in [0.25, 0.3) is 0 Å². The van der Waals surface area contributed by atoms with E-state index in [1.165, 1.54) is 0 Å². The molecule has 4 nitrogen and oxygen atoms in total. The lowest BCUT2D eigenvalue weighted by Gasteiger charge is -2.11. The van der Waals surface area contributed by atoms with Crippen molar-refractivity contribution >= 4 is 11.7 Å². The molecule has 0 atom stereocenters. The van der Waals surface area contributed by atoms with E-state index in [0.717, 1.165) is 11.4 Å². The Morgan fingerprint density at radius 2 is 2.00 bits per heavy atom. The van der Waals surface area contributed by atoms with Crippen molar-refractivity contribution in [3.05, 3.63) is 24.3 Å². The van der Waals surface area contributed by atoms with Crippen molar-refractivity contribution in [1.29, 1.82) is 0 Å². The molecule has 94 valence electrons. The highest BCUT2D eigenvalue weighted by Gasteiger charge is 2.04. The molecule has 0 unspecified atom stereocenters. The van der Waals surface area contributed by atoms with Gasteiger partial charge in [-0.2, -0.15) is 0 Å². The Morgan fingerprint density at radius 1 is 1.24 bits per heavy atom. The minimum absolute atomic E-state index is 0.186. The normalized spacial score (nSPS) is 9.76. The topological polar surface area (TPSA) is 47.6 Å². The Hall–Kier alpha value is -1.71. The summed E-state index contributed by atoms with van der Waals surface area (Å²) in [6.45, 7) is 5.33. The summed E-state index contributed by atoms with van der Waals surface area (Å²) in [6, 6.07) is 7.67. The number of carbonyl (C=O) groups excluding carboxylic acids is 1. The van der Waals surface area contributed by atoms with Crippen LogP contribution in [0.2, 0.25) is 0 Å². The van der Waals surface area contributed by atoms with E-state index in [0.29, 0.717) is 26.2 Å². The van der Waals surface area contributed by atoms with Gasteiger partial charge in [0.25, 0.3) is 0 Å². The molecule has 0 radical (unpaired) electrons. The summed E-state index contributed by atoms with van der Waals surface area (Å²) in [5.41, 5.74) is 0.902. The van der Waals surface area contributed by atoms with Crippen molar-refractivity contribution in [3.63, 3.8) is 0 Å². The van der Waals surface area contributed by atoms with Crippen LogP contribution in [0.3, 0.4) is 0 Å². The van der Waals surface area contributed by atoms with Gasteiger partial charge in [-0.3, -0.25) is 4.79 Å². The fourth-order valence-corrected chi connectivity index (χ4v) is 1.43. The molecule has 1 aromatic rings. The first kappa shape index (κ1) is 13.4. The first-order chi connectivity index (χ1) is 8.27. The number of anilines is 1. The summed E-state index contributed by atoms with van der Waals surface area (Å²) in [5, 5.41) is 3.16. The van der Waals surface area contributed by atoms with E-state index in [9.17, 15) is 4.79 Å². The van der Waals surface area contributed by atoms with Crippen LogP contribution in [-0.2, 0) is 9.53 Å². The molecule has 0 amide bonds. The van der Waals surface area contributed by atoms with Crippen LogP contribution in [0.1, 0.15) is 20.3 Å². The van der Waals surface area contributed by atoms with Crippen molar-refractivity contribution in [2.75, 3.05) is 25.1 Å². The molecule has 0 saturated heterocycles. The van der Waals surface area contributed by atoms with Crippen molar-refractivity contribution in [2.24, 2.45) is 0 Å². The van der Waals surface area contributed by atoms with Gasteiger partial charge in [0, 0.05) is 6.54 Å². The maximum Gasteiger partial charge on any atom is 0.307 e. The predicted molar refractivity (Wildman–Crippen MR) is 67.4 cm³/mol. The average molecular weight is 237 g/mol. The summed E-state index contributed by atoms with van der Waals surface area (Å²) >= 11 is 0. The molecule has 0 aliphatic rings. The van der Waals surface area contributed by atoms with Gasteiger partial charge in [-0.1, -0.05) is 12.1 Å². The molecule has 1 rings (SSSR count). The lowest BCUT2D eigenvalue weighted by atomic mass is 10.3. The zero-order chi connectivity index (χ0) is 12.5. The summed E-state index contributed by atoms with van der Waals surface area (Å²) in [4.78, 5) is 11.2. The highest BCUT2D eigenvalue weighted by Crippen LogP contribution is 2.23. The summed E-state index contributed by atoms with van der Waals surface area (Å²) < 4.78 is 10.3. The van der Waals surface area contributed by atoms with Gasteiger partial charge in [0.1, 0.15) is 5.75 Å². The Labute approximate surface area is 102 Å². The number of esters is 1. The molecule has 1 N–H and O–H groups in total. The van der Waals surface area contributed by atoms with Gasteiger partial charge in [-0.25, -0.2) is 0 Å². The molecular weight excluding hydrogens is 218 g/mol. The monoisotopic (exact) mass is 237 g/mol. The van der Waals surface area contributed by atoms with Crippen LogP contribution in [0.4, 0.5) is 5.69 Å².